The van der Waals surface area contributed by atoms with E-state index in [9.17, 15) is 4.79 Å². The quantitative estimate of drug-likeness (QED) is 0.850. The van der Waals surface area contributed by atoms with Gasteiger partial charge in [-0.15, -0.1) is 11.3 Å². The Morgan fingerprint density at radius 2 is 2.28 bits per heavy atom. The molecule has 1 amide bonds. The third-order valence-electron chi connectivity index (χ3n) is 2.30. The number of nitrogens with one attached hydrogen (secondary N) is 1. The Balaban J connectivity index is 2.03. The van der Waals surface area contributed by atoms with Gasteiger partial charge in [0.05, 0.1) is 6.54 Å². The molecule has 0 radical (unpaired) electrons. The maximum Gasteiger partial charge on any atom is 0.251 e. The van der Waals surface area contributed by atoms with Crippen LogP contribution < -0.4 is 11.1 Å². The number of amides is 1. The number of aromatic nitrogens is 1. The number of thiophene rings is 1. The van der Waals surface area contributed by atoms with Gasteiger partial charge in [-0.1, -0.05) is 11.6 Å². The van der Waals surface area contributed by atoms with Crippen LogP contribution in [0.15, 0.2) is 24.3 Å². The van der Waals surface area contributed by atoms with Crippen molar-refractivity contribution < 1.29 is 4.79 Å². The van der Waals surface area contributed by atoms with Crippen molar-refractivity contribution in [3.63, 3.8) is 0 Å². The van der Waals surface area contributed by atoms with Gasteiger partial charge < -0.3 is 11.1 Å². The number of pyridine rings is 1. The molecule has 4 nitrogen and oxygen atoms in total. The number of hydrogen-bond donors (Lipinski definition) is 2. The summed E-state index contributed by atoms with van der Waals surface area (Å²) < 4.78 is 0. The standard InChI is InChI=1S/C12H12ClN3OS/c1-7-2-3-9(18-7)6-15-12(17)8-4-10(13)16-11(14)5-8/h2-5H,6H2,1H3,(H2,14,16)(H,15,17). The summed E-state index contributed by atoms with van der Waals surface area (Å²) in [7, 11) is 0. The number of carbonyl (C=O) groups excluding carboxylic acids is 1. The van der Waals surface area contributed by atoms with Gasteiger partial charge in [-0.3, -0.25) is 4.79 Å². The molecule has 0 saturated carbocycles. The molecule has 2 rings (SSSR count). The van der Waals surface area contributed by atoms with Gasteiger partial charge in [0.15, 0.2) is 0 Å². The first-order valence-electron chi connectivity index (χ1n) is 5.31. The fourth-order valence-electron chi connectivity index (χ4n) is 1.50. The number of nitrogens with zero attached hydrogens (tertiary/aromatic N) is 1. The summed E-state index contributed by atoms with van der Waals surface area (Å²) in [5.74, 6) is 0.0247. The minimum Gasteiger partial charge on any atom is -0.384 e. The van der Waals surface area contributed by atoms with E-state index in [2.05, 4.69) is 10.3 Å². The van der Waals surface area contributed by atoms with E-state index < -0.39 is 0 Å². The van der Waals surface area contributed by atoms with Crippen molar-refractivity contribution in [2.24, 2.45) is 0 Å². The van der Waals surface area contributed by atoms with Crippen LogP contribution >= 0.6 is 22.9 Å². The summed E-state index contributed by atoms with van der Waals surface area (Å²) in [6, 6.07) is 7.01. The van der Waals surface area contributed by atoms with Gasteiger partial charge >= 0.3 is 0 Å². The molecule has 0 atom stereocenters. The van der Waals surface area contributed by atoms with Crippen molar-refractivity contribution in [2.75, 3.05) is 5.73 Å². The Labute approximate surface area is 114 Å². The third-order valence-corrected chi connectivity index (χ3v) is 3.49. The third kappa shape index (κ3) is 3.21. The highest BCUT2D eigenvalue weighted by Crippen LogP contribution is 2.15. The van der Waals surface area contributed by atoms with Gasteiger partial charge in [-0.25, -0.2) is 4.98 Å². The van der Waals surface area contributed by atoms with Crippen LogP contribution in [0.3, 0.4) is 0 Å². The molecule has 2 aromatic rings. The average Bonchev–Trinajstić information content (AvgIpc) is 2.70. The molecular formula is C12H12ClN3OS. The fraction of sp³-hybridized carbons (Fsp3) is 0.167. The molecule has 3 N–H and O–H groups in total. The van der Waals surface area contributed by atoms with E-state index >= 15 is 0 Å². The predicted octanol–water partition coefficient (Wildman–Crippen LogP) is 2.62. The molecule has 94 valence electrons. The average molecular weight is 282 g/mol. The van der Waals surface area contributed by atoms with Crippen LogP contribution in [0.5, 0.6) is 0 Å². The second kappa shape index (κ2) is 5.37. The van der Waals surface area contributed by atoms with Crippen molar-refractivity contribution in [1.82, 2.24) is 10.3 Å². The SMILES string of the molecule is Cc1ccc(CNC(=O)c2cc(N)nc(Cl)c2)s1. The molecule has 0 aliphatic carbocycles. The van der Waals surface area contributed by atoms with Crippen LogP contribution in [-0.4, -0.2) is 10.9 Å². The van der Waals surface area contributed by atoms with Crippen LogP contribution in [0.25, 0.3) is 0 Å². The Hall–Kier alpha value is -1.59. The second-order valence-corrected chi connectivity index (χ2v) is 5.56. The van der Waals surface area contributed by atoms with Crippen LogP contribution in [0.1, 0.15) is 20.1 Å². The topological polar surface area (TPSA) is 68.0 Å². The normalized spacial score (nSPS) is 10.3. The largest absolute Gasteiger partial charge is 0.384 e. The molecule has 0 aliphatic heterocycles. The Morgan fingerprint density at radius 3 is 2.89 bits per heavy atom. The van der Waals surface area contributed by atoms with E-state index in [4.69, 9.17) is 17.3 Å². The lowest BCUT2D eigenvalue weighted by atomic mass is 10.2. The molecule has 2 aromatic heterocycles. The maximum atomic E-state index is 11.9. The van der Waals surface area contributed by atoms with E-state index in [0.29, 0.717) is 12.1 Å². The number of hydrogen-bond acceptors (Lipinski definition) is 4. The first-order valence-corrected chi connectivity index (χ1v) is 6.50. The van der Waals surface area contributed by atoms with Gasteiger partial charge in [0, 0.05) is 15.3 Å². The zero-order valence-corrected chi connectivity index (χ0v) is 11.3. The zero-order valence-electron chi connectivity index (χ0n) is 9.74. The van der Waals surface area contributed by atoms with Crippen LogP contribution in [0, 0.1) is 6.92 Å². The summed E-state index contributed by atoms with van der Waals surface area (Å²) in [6.45, 7) is 2.52. The van der Waals surface area contributed by atoms with Gasteiger partial charge in [-0.05, 0) is 31.2 Å². The summed E-state index contributed by atoms with van der Waals surface area (Å²) in [5.41, 5.74) is 5.95. The van der Waals surface area contributed by atoms with Gasteiger partial charge in [0.1, 0.15) is 11.0 Å². The number of nitrogens with two attached hydrogens (primary N) is 1. The molecule has 0 aromatic carbocycles. The number of rotatable bonds is 3. The van der Waals surface area contributed by atoms with Crippen molar-refractivity contribution in [3.8, 4) is 0 Å². The maximum absolute atomic E-state index is 11.9. The second-order valence-electron chi connectivity index (χ2n) is 3.80. The predicted molar refractivity (Wildman–Crippen MR) is 73.9 cm³/mol. The molecule has 0 saturated heterocycles. The van der Waals surface area contributed by atoms with Crippen molar-refractivity contribution >= 4 is 34.7 Å². The molecular weight excluding hydrogens is 270 g/mol. The highest BCUT2D eigenvalue weighted by atomic mass is 35.5. The zero-order chi connectivity index (χ0) is 13.1. The van der Waals surface area contributed by atoms with E-state index in [1.165, 1.54) is 17.0 Å². The first-order chi connectivity index (χ1) is 8.54. The number of nitrogen functional groups attached to an aromatic ring is 1. The number of aryl methyl sites for hydroxylation is 1. The lowest BCUT2D eigenvalue weighted by molar-refractivity contribution is 0.0951. The number of carbonyl (C=O) groups is 1. The highest BCUT2D eigenvalue weighted by Gasteiger charge is 2.08. The van der Waals surface area contributed by atoms with Crippen molar-refractivity contribution in [3.05, 3.63) is 44.7 Å². The molecule has 0 aliphatic rings. The number of halogens is 1. The lowest BCUT2D eigenvalue weighted by Crippen LogP contribution is -2.22. The Morgan fingerprint density at radius 1 is 1.50 bits per heavy atom. The van der Waals surface area contributed by atoms with Crippen molar-refractivity contribution in [1.29, 1.82) is 0 Å². The van der Waals surface area contributed by atoms with Crippen molar-refractivity contribution in [2.45, 2.75) is 13.5 Å². The van der Waals surface area contributed by atoms with Crippen LogP contribution in [0.4, 0.5) is 5.82 Å². The minimum atomic E-state index is -0.211. The van der Waals surface area contributed by atoms with Crippen LogP contribution in [-0.2, 0) is 6.54 Å². The van der Waals surface area contributed by atoms with E-state index in [1.54, 1.807) is 11.3 Å². The van der Waals surface area contributed by atoms with Crippen LogP contribution in [0.2, 0.25) is 5.15 Å². The van der Waals surface area contributed by atoms with E-state index in [-0.39, 0.29) is 16.9 Å². The number of anilines is 1. The fourth-order valence-corrected chi connectivity index (χ4v) is 2.54. The molecule has 6 heteroatoms. The van der Waals surface area contributed by atoms with E-state index in [1.807, 2.05) is 19.1 Å². The smallest absolute Gasteiger partial charge is 0.251 e. The molecule has 18 heavy (non-hydrogen) atoms. The van der Waals surface area contributed by atoms with E-state index in [0.717, 1.165) is 4.88 Å². The summed E-state index contributed by atoms with van der Waals surface area (Å²) >= 11 is 7.40. The highest BCUT2D eigenvalue weighted by molar-refractivity contribution is 7.11. The lowest BCUT2D eigenvalue weighted by Gasteiger charge is -2.04. The molecule has 0 fully saturated rings. The van der Waals surface area contributed by atoms with Gasteiger partial charge in [0.2, 0.25) is 0 Å². The minimum absolute atomic E-state index is 0.211. The summed E-state index contributed by atoms with van der Waals surface area (Å²) in [5, 5.41) is 3.03. The molecule has 0 bridgehead atoms. The Bertz CT molecular complexity index is 562. The molecule has 0 spiro atoms. The van der Waals surface area contributed by atoms with Gasteiger partial charge in [-0.2, -0.15) is 0 Å². The van der Waals surface area contributed by atoms with Gasteiger partial charge in [0.25, 0.3) is 5.91 Å². The summed E-state index contributed by atoms with van der Waals surface area (Å²) in [6.07, 6.45) is 0. The first kappa shape index (κ1) is 12.9. The molecule has 0 unspecified atom stereocenters. The monoisotopic (exact) mass is 281 g/mol. The molecule has 2 heterocycles. The summed E-state index contributed by atoms with van der Waals surface area (Å²) in [4.78, 5) is 18.0. The Kier molecular flexibility index (Phi) is 3.84.